The molecule has 0 bridgehead atoms. The molecule has 0 saturated heterocycles. The van der Waals surface area contributed by atoms with Crippen molar-refractivity contribution in [3.63, 3.8) is 0 Å². The minimum Gasteiger partial charge on any atom is -0.323 e. The minimum atomic E-state index is 0.666. The third kappa shape index (κ3) is 3.58. The van der Waals surface area contributed by atoms with Gasteiger partial charge >= 0.3 is 0 Å². The Morgan fingerprint density at radius 1 is 1.04 bits per heavy atom. The molecule has 1 fully saturated rings. The highest BCUT2D eigenvalue weighted by Crippen LogP contribution is 2.32. The molecule has 0 amide bonds. The summed E-state index contributed by atoms with van der Waals surface area (Å²) in [7, 11) is 0. The molecule has 3 aromatic rings. The maximum atomic E-state index is 4.48. The number of aromatic nitrogens is 2. The first-order chi connectivity index (χ1) is 12.3. The number of hydrogen-bond acceptors (Lipinski definition) is 3. The van der Waals surface area contributed by atoms with E-state index in [4.69, 9.17) is 0 Å². The van der Waals surface area contributed by atoms with Crippen LogP contribution in [-0.2, 0) is 0 Å². The predicted octanol–water partition coefficient (Wildman–Crippen LogP) is 5.45. The molecule has 4 rings (SSSR count). The molecule has 0 spiro atoms. The van der Waals surface area contributed by atoms with E-state index in [1.807, 2.05) is 31.2 Å². The van der Waals surface area contributed by atoms with E-state index in [9.17, 15) is 0 Å². The van der Waals surface area contributed by atoms with Gasteiger partial charge in [-0.15, -0.1) is 0 Å². The number of H-pyrrole nitrogens is 1. The van der Waals surface area contributed by atoms with Crippen molar-refractivity contribution in [2.75, 3.05) is 5.43 Å². The molecule has 4 heteroatoms. The van der Waals surface area contributed by atoms with Crippen molar-refractivity contribution in [2.45, 2.75) is 44.9 Å². The predicted molar refractivity (Wildman–Crippen MR) is 104 cm³/mol. The van der Waals surface area contributed by atoms with E-state index in [1.54, 1.807) is 0 Å². The van der Waals surface area contributed by atoms with Gasteiger partial charge in [-0.3, -0.25) is 0 Å². The molecule has 1 aliphatic carbocycles. The zero-order chi connectivity index (χ0) is 17.1. The van der Waals surface area contributed by atoms with Crippen LogP contribution in [-0.4, -0.2) is 15.7 Å². The van der Waals surface area contributed by atoms with Crippen LogP contribution in [0.15, 0.2) is 53.6 Å². The van der Waals surface area contributed by atoms with E-state index >= 15 is 0 Å². The van der Waals surface area contributed by atoms with Crippen LogP contribution in [0.1, 0.15) is 56.1 Å². The van der Waals surface area contributed by atoms with Crippen LogP contribution in [0.4, 0.5) is 5.95 Å². The molecule has 2 N–H and O–H groups in total. The van der Waals surface area contributed by atoms with Crippen molar-refractivity contribution in [3.8, 4) is 0 Å². The number of fused-ring (bicyclic) bond motifs is 1. The molecule has 0 unspecified atom stereocenters. The minimum absolute atomic E-state index is 0.666. The number of imidazole rings is 1. The van der Waals surface area contributed by atoms with Gasteiger partial charge in [0.25, 0.3) is 0 Å². The Bertz CT molecular complexity index is 837. The Balaban J connectivity index is 1.45. The lowest BCUT2D eigenvalue weighted by Crippen LogP contribution is -2.05. The van der Waals surface area contributed by atoms with E-state index in [2.05, 4.69) is 44.8 Å². The van der Waals surface area contributed by atoms with Crippen LogP contribution in [0.5, 0.6) is 0 Å². The number of nitrogens with one attached hydrogen (secondary N) is 2. The third-order valence-electron chi connectivity index (χ3n) is 5.12. The van der Waals surface area contributed by atoms with Gasteiger partial charge < -0.3 is 4.98 Å². The monoisotopic (exact) mass is 332 g/mol. The molecule has 2 aromatic carbocycles. The van der Waals surface area contributed by atoms with Crippen LogP contribution in [0.2, 0.25) is 0 Å². The standard InChI is InChI=1S/C21H24N4/c1-15(24-25-21-22-19-9-5-6-10-20(19)23-21)16-11-13-18(14-12-16)17-7-3-2-4-8-17/h5-6,9-14,17H,2-4,7-8H2,1H3,(H2,22,23,25). The van der Waals surface area contributed by atoms with Crippen LogP contribution in [0.3, 0.4) is 0 Å². The normalized spacial score (nSPS) is 16.3. The lowest BCUT2D eigenvalue weighted by Gasteiger charge is -2.22. The highest BCUT2D eigenvalue weighted by atomic mass is 15.4. The highest BCUT2D eigenvalue weighted by Gasteiger charge is 2.15. The topological polar surface area (TPSA) is 53.1 Å². The van der Waals surface area contributed by atoms with Gasteiger partial charge in [0, 0.05) is 0 Å². The summed E-state index contributed by atoms with van der Waals surface area (Å²) in [5.74, 6) is 1.41. The fourth-order valence-electron chi connectivity index (χ4n) is 3.64. The molecule has 128 valence electrons. The summed E-state index contributed by atoms with van der Waals surface area (Å²) in [6, 6.07) is 16.9. The van der Waals surface area contributed by atoms with Crippen molar-refractivity contribution >= 4 is 22.7 Å². The van der Waals surface area contributed by atoms with E-state index < -0.39 is 0 Å². The maximum Gasteiger partial charge on any atom is 0.222 e. The molecular formula is C21H24N4. The number of nitrogens with zero attached hydrogens (tertiary/aromatic N) is 2. The number of benzene rings is 2. The molecule has 0 atom stereocenters. The quantitative estimate of drug-likeness (QED) is 0.493. The maximum absolute atomic E-state index is 4.48. The van der Waals surface area contributed by atoms with Gasteiger partial charge in [-0.05, 0) is 48.9 Å². The van der Waals surface area contributed by atoms with Gasteiger partial charge in [-0.25, -0.2) is 10.4 Å². The van der Waals surface area contributed by atoms with Gasteiger partial charge in [0.1, 0.15) is 0 Å². The van der Waals surface area contributed by atoms with Crippen molar-refractivity contribution in [2.24, 2.45) is 5.10 Å². The molecule has 1 aromatic heterocycles. The second-order valence-electron chi connectivity index (χ2n) is 6.87. The Kier molecular flexibility index (Phi) is 4.51. The lowest BCUT2D eigenvalue weighted by atomic mass is 9.84. The second-order valence-corrected chi connectivity index (χ2v) is 6.87. The molecule has 4 nitrogen and oxygen atoms in total. The van der Waals surface area contributed by atoms with E-state index in [0.29, 0.717) is 5.95 Å². The molecule has 25 heavy (non-hydrogen) atoms. The van der Waals surface area contributed by atoms with Crippen LogP contribution < -0.4 is 5.43 Å². The van der Waals surface area contributed by atoms with Crippen LogP contribution >= 0.6 is 0 Å². The smallest absolute Gasteiger partial charge is 0.222 e. The fraction of sp³-hybridized carbons (Fsp3) is 0.333. The van der Waals surface area contributed by atoms with Crippen molar-refractivity contribution in [1.82, 2.24) is 9.97 Å². The Labute approximate surface area is 148 Å². The van der Waals surface area contributed by atoms with Crippen molar-refractivity contribution in [1.29, 1.82) is 0 Å². The number of anilines is 1. The second kappa shape index (κ2) is 7.09. The molecule has 0 radical (unpaired) electrons. The van der Waals surface area contributed by atoms with Crippen LogP contribution in [0, 0.1) is 0 Å². The van der Waals surface area contributed by atoms with E-state index in [-0.39, 0.29) is 0 Å². The first-order valence-electron chi connectivity index (χ1n) is 9.15. The van der Waals surface area contributed by atoms with Gasteiger partial charge in [0.15, 0.2) is 0 Å². The third-order valence-corrected chi connectivity index (χ3v) is 5.12. The number of hydrogen-bond donors (Lipinski definition) is 2. The van der Waals surface area contributed by atoms with E-state index in [1.165, 1.54) is 37.7 Å². The zero-order valence-corrected chi connectivity index (χ0v) is 14.6. The molecular weight excluding hydrogens is 308 g/mol. The Hall–Kier alpha value is -2.62. The number of aromatic amines is 1. The number of hydrazone groups is 1. The zero-order valence-electron chi connectivity index (χ0n) is 14.6. The summed E-state index contributed by atoms with van der Waals surface area (Å²) in [6.07, 6.45) is 6.80. The van der Waals surface area contributed by atoms with Crippen molar-refractivity contribution in [3.05, 3.63) is 59.7 Å². The molecule has 1 aliphatic rings. The summed E-state index contributed by atoms with van der Waals surface area (Å²) in [5.41, 5.74) is 8.55. The van der Waals surface area contributed by atoms with Gasteiger partial charge in [0.2, 0.25) is 5.95 Å². The van der Waals surface area contributed by atoms with Crippen molar-refractivity contribution < 1.29 is 0 Å². The summed E-state index contributed by atoms with van der Waals surface area (Å²) >= 11 is 0. The number of rotatable bonds is 4. The average Bonchev–Trinajstić information content (AvgIpc) is 3.10. The molecule has 1 saturated carbocycles. The Morgan fingerprint density at radius 3 is 2.56 bits per heavy atom. The van der Waals surface area contributed by atoms with Gasteiger partial charge in [0.05, 0.1) is 16.7 Å². The van der Waals surface area contributed by atoms with Crippen LogP contribution in [0.25, 0.3) is 11.0 Å². The SMILES string of the molecule is CC(=NNc1nc2ccccc2[nH]1)c1ccc(C2CCCCC2)cc1. The average molecular weight is 332 g/mol. The lowest BCUT2D eigenvalue weighted by molar-refractivity contribution is 0.443. The molecule has 0 aliphatic heterocycles. The summed E-state index contributed by atoms with van der Waals surface area (Å²) < 4.78 is 0. The largest absolute Gasteiger partial charge is 0.323 e. The highest BCUT2D eigenvalue weighted by molar-refractivity contribution is 5.99. The Morgan fingerprint density at radius 2 is 1.80 bits per heavy atom. The van der Waals surface area contributed by atoms with Gasteiger partial charge in [-0.1, -0.05) is 55.7 Å². The van der Waals surface area contributed by atoms with E-state index in [0.717, 1.165) is 28.2 Å². The summed E-state index contributed by atoms with van der Waals surface area (Å²) in [5, 5.41) is 4.47. The summed E-state index contributed by atoms with van der Waals surface area (Å²) in [6.45, 7) is 2.02. The number of para-hydroxylation sites is 2. The first kappa shape index (κ1) is 15.9. The first-order valence-corrected chi connectivity index (χ1v) is 9.15. The molecule has 1 heterocycles. The summed E-state index contributed by atoms with van der Waals surface area (Å²) in [4.78, 5) is 7.71. The fourth-order valence-corrected chi connectivity index (χ4v) is 3.64. The van der Waals surface area contributed by atoms with Gasteiger partial charge in [-0.2, -0.15) is 5.10 Å².